The molecule has 3 rings (SSSR count). The molecule has 2 aliphatic rings. The van der Waals surface area contributed by atoms with Crippen LogP contribution in [0.15, 0.2) is 18.3 Å². The van der Waals surface area contributed by atoms with Crippen LogP contribution in [-0.4, -0.2) is 23.0 Å². The van der Waals surface area contributed by atoms with Crippen molar-refractivity contribution in [2.24, 2.45) is 5.92 Å². The van der Waals surface area contributed by atoms with Crippen molar-refractivity contribution in [3.63, 3.8) is 0 Å². The standard InChI is InChI=1S/C15H21N3O.2ClH/c1-10-8-12(6-7-16-10)17-15(19)14-9-11-4-2-3-5-13(11)18-14;;/h6-8,11,13-14,18H,2-5,9H2,1H3,(H,16,17,19);2*1H. The minimum Gasteiger partial charge on any atom is -0.325 e. The first-order valence-corrected chi connectivity index (χ1v) is 7.22. The number of nitrogens with one attached hydrogen (secondary N) is 2. The van der Waals surface area contributed by atoms with Crippen molar-refractivity contribution in [1.82, 2.24) is 10.3 Å². The van der Waals surface area contributed by atoms with Crippen LogP contribution in [0.5, 0.6) is 0 Å². The number of fused-ring (bicyclic) bond motifs is 1. The number of rotatable bonds is 2. The molecule has 1 saturated carbocycles. The van der Waals surface area contributed by atoms with Crippen LogP contribution in [-0.2, 0) is 4.79 Å². The van der Waals surface area contributed by atoms with Crippen molar-refractivity contribution in [2.75, 3.05) is 5.32 Å². The monoisotopic (exact) mass is 331 g/mol. The average Bonchev–Trinajstić information content (AvgIpc) is 2.82. The Kier molecular flexibility index (Phi) is 6.91. The van der Waals surface area contributed by atoms with Crippen LogP contribution < -0.4 is 10.6 Å². The normalized spacial score (nSPS) is 27.0. The van der Waals surface area contributed by atoms with E-state index in [0.29, 0.717) is 12.0 Å². The van der Waals surface area contributed by atoms with Gasteiger partial charge in [0.2, 0.25) is 5.91 Å². The van der Waals surface area contributed by atoms with E-state index in [1.807, 2.05) is 19.1 Å². The fourth-order valence-electron chi connectivity index (χ4n) is 3.37. The number of carbonyl (C=O) groups excluding carboxylic acids is 1. The summed E-state index contributed by atoms with van der Waals surface area (Å²) in [5.41, 5.74) is 1.76. The Hall–Kier alpha value is -0.840. The number of nitrogens with zero attached hydrogens (tertiary/aromatic N) is 1. The topological polar surface area (TPSA) is 54.0 Å². The summed E-state index contributed by atoms with van der Waals surface area (Å²) < 4.78 is 0. The zero-order valence-electron chi connectivity index (χ0n) is 12.2. The zero-order chi connectivity index (χ0) is 13.2. The molecule has 1 aromatic rings. The van der Waals surface area contributed by atoms with Crippen LogP contribution in [0.1, 0.15) is 37.8 Å². The van der Waals surface area contributed by atoms with Crippen LogP contribution in [0.4, 0.5) is 5.69 Å². The second-order valence-corrected chi connectivity index (χ2v) is 5.78. The fourth-order valence-corrected chi connectivity index (χ4v) is 3.37. The van der Waals surface area contributed by atoms with Crippen LogP contribution in [0.2, 0.25) is 0 Å². The Bertz CT molecular complexity index is 470. The number of hydrogen-bond acceptors (Lipinski definition) is 3. The molecule has 1 aromatic heterocycles. The van der Waals surface area contributed by atoms with E-state index in [4.69, 9.17) is 0 Å². The lowest BCUT2D eigenvalue weighted by Crippen LogP contribution is -2.39. The van der Waals surface area contributed by atoms with Gasteiger partial charge in [-0.25, -0.2) is 0 Å². The number of pyridine rings is 1. The molecule has 1 saturated heterocycles. The van der Waals surface area contributed by atoms with Gasteiger partial charge in [-0.1, -0.05) is 12.8 Å². The quantitative estimate of drug-likeness (QED) is 0.875. The van der Waals surface area contributed by atoms with Crippen molar-refractivity contribution in [1.29, 1.82) is 0 Å². The van der Waals surface area contributed by atoms with Gasteiger partial charge in [0.25, 0.3) is 0 Å². The van der Waals surface area contributed by atoms with Gasteiger partial charge in [-0.3, -0.25) is 9.78 Å². The lowest BCUT2D eigenvalue weighted by Gasteiger charge is -2.24. The second kappa shape index (κ2) is 7.97. The van der Waals surface area contributed by atoms with Crippen molar-refractivity contribution in [3.8, 4) is 0 Å². The number of aromatic nitrogens is 1. The van der Waals surface area contributed by atoms with Crippen molar-refractivity contribution >= 4 is 36.4 Å². The molecular formula is C15H23Cl2N3O. The third-order valence-electron chi connectivity index (χ3n) is 4.34. The second-order valence-electron chi connectivity index (χ2n) is 5.78. The first kappa shape index (κ1) is 18.2. The Balaban J connectivity index is 0.00000110. The molecule has 21 heavy (non-hydrogen) atoms. The van der Waals surface area contributed by atoms with E-state index >= 15 is 0 Å². The van der Waals surface area contributed by atoms with E-state index in [1.54, 1.807) is 6.20 Å². The highest BCUT2D eigenvalue weighted by Gasteiger charge is 2.38. The number of carbonyl (C=O) groups is 1. The zero-order valence-corrected chi connectivity index (χ0v) is 13.8. The third kappa shape index (κ3) is 4.31. The molecule has 3 atom stereocenters. The molecule has 0 aromatic carbocycles. The highest BCUT2D eigenvalue weighted by Crippen LogP contribution is 2.33. The molecular weight excluding hydrogens is 309 g/mol. The molecule has 4 nitrogen and oxygen atoms in total. The predicted molar refractivity (Wildman–Crippen MR) is 89.4 cm³/mol. The van der Waals surface area contributed by atoms with Gasteiger partial charge in [0.05, 0.1) is 6.04 Å². The van der Waals surface area contributed by atoms with E-state index in [0.717, 1.165) is 17.8 Å². The SMILES string of the molecule is Cc1cc(NC(=O)C2CC3CCCCC3N2)ccn1.Cl.Cl. The molecule has 2 fully saturated rings. The minimum absolute atomic E-state index is 0. The van der Waals surface area contributed by atoms with Crippen molar-refractivity contribution in [3.05, 3.63) is 24.0 Å². The lowest BCUT2D eigenvalue weighted by molar-refractivity contribution is -0.117. The van der Waals surface area contributed by atoms with Crippen LogP contribution in [0, 0.1) is 12.8 Å². The number of anilines is 1. The maximum atomic E-state index is 12.3. The molecule has 2 N–H and O–H groups in total. The van der Waals surface area contributed by atoms with E-state index in [2.05, 4.69) is 15.6 Å². The molecule has 3 unspecified atom stereocenters. The molecule has 1 aliphatic heterocycles. The van der Waals surface area contributed by atoms with Gasteiger partial charge in [-0.2, -0.15) is 0 Å². The fraction of sp³-hybridized carbons (Fsp3) is 0.600. The molecule has 1 aliphatic carbocycles. The van der Waals surface area contributed by atoms with E-state index in [-0.39, 0.29) is 36.8 Å². The van der Waals surface area contributed by atoms with Gasteiger partial charge in [0, 0.05) is 23.6 Å². The Morgan fingerprint density at radius 2 is 2.10 bits per heavy atom. The largest absolute Gasteiger partial charge is 0.325 e. The number of halogens is 2. The summed E-state index contributed by atoms with van der Waals surface area (Å²) in [5, 5.41) is 6.49. The number of hydrogen-bond donors (Lipinski definition) is 2. The Morgan fingerprint density at radius 3 is 2.81 bits per heavy atom. The third-order valence-corrected chi connectivity index (χ3v) is 4.34. The molecule has 6 heteroatoms. The van der Waals surface area contributed by atoms with E-state index in [9.17, 15) is 4.79 Å². The summed E-state index contributed by atoms with van der Waals surface area (Å²) in [6.07, 6.45) is 7.83. The smallest absolute Gasteiger partial charge is 0.241 e. The summed E-state index contributed by atoms with van der Waals surface area (Å²) in [5.74, 6) is 0.795. The van der Waals surface area contributed by atoms with Crippen LogP contribution >= 0.6 is 24.8 Å². The van der Waals surface area contributed by atoms with Gasteiger partial charge in [-0.15, -0.1) is 24.8 Å². The summed E-state index contributed by atoms with van der Waals surface area (Å²) in [6, 6.07) is 4.28. The lowest BCUT2D eigenvalue weighted by atomic mass is 9.85. The van der Waals surface area contributed by atoms with Gasteiger partial charge in [0.15, 0.2) is 0 Å². The van der Waals surface area contributed by atoms with Gasteiger partial charge < -0.3 is 10.6 Å². The summed E-state index contributed by atoms with van der Waals surface area (Å²) in [6.45, 7) is 1.93. The summed E-state index contributed by atoms with van der Waals surface area (Å²) >= 11 is 0. The highest BCUT2D eigenvalue weighted by molar-refractivity contribution is 5.95. The van der Waals surface area contributed by atoms with E-state index < -0.39 is 0 Å². The maximum absolute atomic E-state index is 12.3. The van der Waals surface area contributed by atoms with Crippen LogP contribution in [0.3, 0.4) is 0 Å². The van der Waals surface area contributed by atoms with Gasteiger partial charge >= 0.3 is 0 Å². The maximum Gasteiger partial charge on any atom is 0.241 e. The molecule has 0 spiro atoms. The molecule has 0 bridgehead atoms. The molecule has 118 valence electrons. The van der Waals surface area contributed by atoms with E-state index in [1.165, 1.54) is 25.7 Å². The Labute approximate surface area is 138 Å². The van der Waals surface area contributed by atoms with Crippen molar-refractivity contribution in [2.45, 2.75) is 51.1 Å². The highest BCUT2D eigenvalue weighted by atomic mass is 35.5. The van der Waals surface area contributed by atoms with Gasteiger partial charge in [0.1, 0.15) is 0 Å². The van der Waals surface area contributed by atoms with Crippen LogP contribution in [0.25, 0.3) is 0 Å². The molecule has 0 radical (unpaired) electrons. The average molecular weight is 332 g/mol. The number of aryl methyl sites for hydroxylation is 1. The Morgan fingerprint density at radius 1 is 1.33 bits per heavy atom. The molecule has 2 heterocycles. The first-order valence-electron chi connectivity index (χ1n) is 7.22. The first-order chi connectivity index (χ1) is 9.22. The number of amides is 1. The predicted octanol–water partition coefficient (Wildman–Crippen LogP) is 3.09. The van der Waals surface area contributed by atoms with Gasteiger partial charge in [-0.05, 0) is 44.2 Å². The van der Waals surface area contributed by atoms with Crippen molar-refractivity contribution < 1.29 is 4.79 Å². The molecule has 1 amide bonds. The summed E-state index contributed by atoms with van der Waals surface area (Å²) in [7, 11) is 0. The summed E-state index contributed by atoms with van der Waals surface area (Å²) in [4.78, 5) is 16.4. The minimum atomic E-state index is -0.0263.